The predicted octanol–water partition coefficient (Wildman–Crippen LogP) is 6.20. The Labute approximate surface area is 143 Å². The van der Waals surface area contributed by atoms with Crippen molar-refractivity contribution in [2.75, 3.05) is 0 Å². The molecule has 4 nitrogen and oxygen atoms in total. The van der Waals surface area contributed by atoms with Crippen molar-refractivity contribution >= 4 is 56.4 Å². The molecular formula is C13H7BrCl3NO3. The van der Waals surface area contributed by atoms with Gasteiger partial charge in [0.1, 0.15) is 5.75 Å². The summed E-state index contributed by atoms with van der Waals surface area (Å²) in [5, 5.41) is 10.8. The highest BCUT2D eigenvalue weighted by Crippen LogP contribution is 2.40. The van der Waals surface area contributed by atoms with Gasteiger partial charge in [-0.25, -0.2) is 0 Å². The topological polar surface area (TPSA) is 52.4 Å². The fourth-order valence-electron chi connectivity index (χ4n) is 1.61. The van der Waals surface area contributed by atoms with Gasteiger partial charge in [0.2, 0.25) is 0 Å². The Bertz CT molecular complexity index is 686. The van der Waals surface area contributed by atoms with Crippen molar-refractivity contribution < 1.29 is 9.66 Å². The van der Waals surface area contributed by atoms with E-state index in [4.69, 9.17) is 39.5 Å². The minimum Gasteiger partial charge on any atom is -0.454 e. The van der Waals surface area contributed by atoms with Crippen LogP contribution in [0.25, 0.3) is 0 Å². The molecule has 0 radical (unpaired) electrons. The number of hydrogen-bond donors (Lipinski definition) is 0. The number of hydrogen-bond acceptors (Lipinski definition) is 3. The number of nitro groups is 1. The van der Waals surface area contributed by atoms with Crippen molar-refractivity contribution in [3.8, 4) is 11.5 Å². The molecule has 8 heteroatoms. The molecule has 0 aromatic heterocycles. The molecule has 2 aromatic carbocycles. The molecule has 0 aliphatic carbocycles. The van der Waals surface area contributed by atoms with E-state index in [2.05, 4.69) is 15.9 Å². The smallest absolute Gasteiger partial charge is 0.272 e. The average Bonchev–Trinajstić information content (AvgIpc) is 2.43. The quantitative estimate of drug-likeness (QED) is 0.342. The summed E-state index contributed by atoms with van der Waals surface area (Å²) in [6.07, 6.45) is 0. The summed E-state index contributed by atoms with van der Waals surface area (Å²) in [7, 11) is 0. The van der Waals surface area contributed by atoms with E-state index in [0.29, 0.717) is 5.75 Å². The van der Waals surface area contributed by atoms with E-state index in [1.165, 1.54) is 12.1 Å². The summed E-state index contributed by atoms with van der Waals surface area (Å²) >= 11 is 21.2. The SMILES string of the molecule is O=[N+]([O-])c1cc(Cl)c(Oc2ccc(Br)cc2CCl)c(Cl)c1. The van der Waals surface area contributed by atoms with Crippen LogP contribution in [0.2, 0.25) is 10.0 Å². The summed E-state index contributed by atoms with van der Waals surface area (Å²) in [6, 6.07) is 7.65. The maximum atomic E-state index is 10.7. The lowest BCUT2D eigenvalue weighted by Gasteiger charge is -2.12. The lowest BCUT2D eigenvalue weighted by molar-refractivity contribution is -0.384. The van der Waals surface area contributed by atoms with Crippen molar-refractivity contribution in [3.05, 3.63) is 60.5 Å². The van der Waals surface area contributed by atoms with Crippen LogP contribution in [0.4, 0.5) is 5.69 Å². The van der Waals surface area contributed by atoms with Crippen LogP contribution in [0.3, 0.4) is 0 Å². The monoisotopic (exact) mass is 409 g/mol. The molecule has 0 heterocycles. The Morgan fingerprint density at radius 3 is 2.33 bits per heavy atom. The van der Waals surface area contributed by atoms with E-state index in [9.17, 15) is 10.1 Å². The first-order valence-electron chi connectivity index (χ1n) is 5.58. The average molecular weight is 411 g/mol. The van der Waals surface area contributed by atoms with Crippen LogP contribution in [-0.2, 0) is 5.88 Å². The number of non-ortho nitro benzene ring substituents is 1. The minimum atomic E-state index is -0.578. The molecule has 21 heavy (non-hydrogen) atoms. The molecule has 2 rings (SSSR count). The van der Waals surface area contributed by atoms with Crippen LogP contribution in [-0.4, -0.2) is 4.92 Å². The number of benzene rings is 2. The van der Waals surface area contributed by atoms with Crippen molar-refractivity contribution in [2.45, 2.75) is 5.88 Å². The van der Waals surface area contributed by atoms with Crippen LogP contribution >= 0.6 is 50.7 Å². The number of alkyl halides is 1. The second kappa shape index (κ2) is 6.83. The van der Waals surface area contributed by atoms with E-state index in [1.54, 1.807) is 18.2 Å². The molecule has 110 valence electrons. The number of ether oxygens (including phenoxy) is 1. The Balaban J connectivity index is 2.43. The Kier molecular flexibility index (Phi) is 5.32. The molecular weight excluding hydrogens is 404 g/mol. The minimum absolute atomic E-state index is 0.0534. The first kappa shape index (κ1) is 16.4. The molecule has 0 fully saturated rings. The second-order valence-corrected chi connectivity index (χ2v) is 5.98. The third-order valence-electron chi connectivity index (χ3n) is 2.57. The van der Waals surface area contributed by atoms with Crippen LogP contribution in [0, 0.1) is 10.1 Å². The number of nitro benzene ring substituents is 1. The summed E-state index contributed by atoms with van der Waals surface area (Å²) in [4.78, 5) is 10.2. The molecule has 0 atom stereocenters. The zero-order valence-corrected chi connectivity index (χ0v) is 14.1. The van der Waals surface area contributed by atoms with Gasteiger partial charge in [0.15, 0.2) is 5.75 Å². The van der Waals surface area contributed by atoms with Crippen molar-refractivity contribution in [3.63, 3.8) is 0 Å². The molecule has 0 saturated heterocycles. The van der Waals surface area contributed by atoms with Crippen LogP contribution < -0.4 is 4.74 Å². The summed E-state index contributed by atoms with van der Waals surface area (Å²) in [5.74, 6) is 0.861. The molecule has 0 amide bonds. The highest BCUT2D eigenvalue weighted by atomic mass is 79.9. The fraction of sp³-hybridized carbons (Fsp3) is 0.0769. The second-order valence-electron chi connectivity index (χ2n) is 3.98. The van der Waals surface area contributed by atoms with Crippen molar-refractivity contribution in [1.29, 1.82) is 0 Å². The molecule has 0 aliphatic heterocycles. The normalized spacial score (nSPS) is 10.5. The number of halogens is 4. The summed E-state index contributed by atoms with van der Waals surface area (Å²) in [5.41, 5.74) is 0.530. The van der Waals surface area contributed by atoms with E-state index >= 15 is 0 Å². The Hall–Kier alpha value is -1.01. The molecule has 2 aromatic rings. The zero-order chi connectivity index (χ0) is 15.6. The van der Waals surface area contributed by atoms with Gasteiger partial charge in [-0.15, -0.1) is 11.6 Å². The highest BCUT2D eigenvalue weighted by molar-refractivity contribution is 9.10. The van der Waals surface area contributed by atoms with Gasteiger partial charge in [-0.2, -0.15) is 0 Å². The molecule has 0 saturated carbocycles. The van der Waals surface area contributed by atoms with Gasteiger partial charge in [0.05, 0.1) is 20.8 Å². The number of rotatable bonds is 4. The van der Waals surface area contributed by atoms with E-state index in [0.717, 1.165) is 10.0 Å². The van der Waals surface area contributed by atoms with Crippen LogP contribution in [0.5, 0.6) is 11.5 Å². The van der Waals surface area contributed by atoms with Gasteiger partial charge in [-0.1, -0.05) is 39.1 Å². The molecule has 0 N–H and O–H groups in total. The van der Waals surface area contributed by atoms with Gasteiger partial charge in [-0.05, 0) is 18.2 Å². The highest BCUT2D eigenvalue weighted by Gasteiger charge is 2.17. The molecule has 0 aliphatic rings. The summed E-state index contributed by atoms with van der Waals surface area (Å²) < 4.78 is 6.51. The van der Waals surface area contributed by atoms with Gasteiger partial charge in [0.25, 0.3) is 5.69 Å². The molecule has 0 bridgehead atoms. The maximum Gasteiger partial charge on any atom is 0.272 e. The lowest BCUT2D eigenvalue weighted by Crippen LogP contribution is -1.94. The first-order chi connectivity index (χ1) is 9.92. The third kappa shape index (κ3) is 3.80. The van der Waals surface area contributed by atoms with Gasteiger partial charge < -0.3 is 4.74 Å². The third-order valence-corrected chi connectivity index (χ3v) is 3.92. The standard InChI is InChI=1S/C13H7BrCl3NO3/c14-8-1-2-12(7(3-8)6-15)21-13-10(16)4-9(18(19)20)5-11(13)17/h1-5H,6H2. The Morgan fingerprint density at radius 1 is 1.19 bits per heavy atom. The first-order valence-corrected chi connectivity index (χ1v) is 7.66. The predicted molar refractivity (Wildman–Crippen MR) is 86.9 cm³/mol. The molecule has 0 spiro atoms. The van der Waals surface area contributed by atoms with Gasteiger partial charge in [-0.3, -0.25) is 10.1 Å². The van der Waals surface area contributed by atoms with E-state index in [1.807, 2.05) is 0 Å². The summed E-state index contributed by atoms with van der Waals surface area (Å²) in [6.45, 7) is 0. The van der Waals surface area contributed by atoms with Crippen LogP contribution in [0.1, 0.15) is 5.56 Å². The largest absolute Gasteiger partial charge is 0.454 e. The van der Waals surface area contributed by atoms with Crippen molar-refractivity contribution in [2.24, 2.45) is 0 Å². The Morgan fingerprint density at radius 2 is 1.81 bits per heavy atom. The number of nitrogens with zero attached hydrogens (tertiary/aromatic N) is 1. The van der Waals surface area contributed by atoms with E-state index in [-0.39, 0.29) is 27.4 Å². The lowest BCUT2D eigenvalue weighted by atomic mass is 10.2. The van der Waals surface area contributed by atoms with Crippen LogP contribution in [0.15, 0.2) is 34.8 Å². The molecule has 0 unspecified atom stereocenters. The van der Waals surface area contributed by atoms with E-state index < -0.39 is 4.92 Å². The maximum absolute atomic E-state index is 10.7. The van der Waals surface area contributed by atoms with Crippen molar-refractivity contribution in [1.82, 2.24) is 0 Å². The van der Waals surface area contributed by atoms with Gasteiger partial charge >= 0.3 is 0 Å². The fourth-order valence-corrected chi connectivity index (χ4v) is 2.78. The zero-order valence-electron chi connectivity index (χ0n) is 10.3. The van der Waals surface area contributed by atoms with Gasteiger partial charge in [0, 0.05) is 22.2 Å².